The molecule has 0 unspecified atom stereocenters. The Morgan fingerprint density at radius 1 is 1.04 bits per heavy atom. The summed E-state index contributed by atoms with van der Waals surface area (Å²) in [4.78, 5) is 18.1. The maximum Gasteiger partial charge on any atom is 0.256 e. The minimum atomic E-state index is 0.158. The summed E-state index contributed by atoms with van der Waals surface area (Å²) in [6.07, 6.45) is 7.27. The second-order valence-electron chi connectivity index (χ2n) is 6.87. The van der Waals surface area contributed by atoms with Crippen LogP contribution in [0.15, 0.2) is 42.7 Å². The van der Waals surface area contributed by atoms with Crippen LogP contribution in [0, 0.1) is 5.41 Å². The molecule has 1 spiro atoms. The van der Waals surface area contributed by atoms with Crippen LogP contribution in [0.4, 0.5) is 0 Å². The van der Waals surface area contributed by atoms with Gasteiger partial charge in [0.2, 0.25) is 0 Å². The second kappa shape index (κ2) is 5.85. The molecule has 2 aliphatic heterocycles. The number of nitrogens with zero attached hydrogens (tertiary/aromatic N) is 1. The summed E-state index contributed by atoms with van der Waals surface area (Å²) in [6, 6.07) is 10.1. The fourth-order valence-corrected chi connectivity index (χ4v) is 3.97. The van der Waals surface area contributed by atoms with Gasteiger partial charge in [-0.25, -0.2) is 0 Å². The van der Waals surface area contributed by atoms with Gasteiger partial charge in [0.05, 0.1) is 5.56 Å². The smallest absolute Gasteiger partial charge is 0.256 e. The van der Waals surface area contributed by atoms with Crippen molar-refractivity contribution < 1.29 is 4.79 Å². The first-order chi connectivity index (χ1) is 11.3. The highest BCUT2D eigenvalue weighted by Gasteiger charge is 2.38. The van der Waals surface area contributed by atoms with Gasteiger partial charge in [-0.2, -0.15) is 0 Å². The summed E-state index contributed by atoms with van der Waals surface area (Å²) < 4.78 is 0. The standard InChI is InChI=1S/C19H23N3O/c23-18(22-10-7-19(8-11-22)6-9-20-14-19)17-13-21-12-16(17)15-4-2-1-3-5-15/h1-5,12-13,20-21H,6-11,14H2. The number of piperidine rings is 1. The number of likely N-dealkylation sites (tertiary alicyclic amines) is 1. The largest absolute Gasteiger partial charge is 0.366 e. The van der Waals surface area contributed by atoms with Gasteiger partial charge in [0.1, 0.15) is 0 Å². The van der Waals surface area contributed by atoms with Crippen molar-refractivity contribution in [3.05, 3.63) is 48.3 Å². The highest BCUT2D eigenvalue weighted by molar-refractivity contribution is 6.00. The number of hydrogen-bond donors (Lipinski definition) is 2. The summed E-state index contributed by atoms with van der Waals surface area (Å²) in [6.45, 7) is 4.00. The molecular formula is C19H23N3O. The molecule has 0 radical (unpaired) electrons. The van der Waals surface area contributed by atoms with Crippen LogP contribution in [0.3, 0.4) is 0 Å². The highest BCUT2D eigenvalue weighted by Crippen LogP contribution is 2.37. The van der Waals surface area contributed by atoms with Crippen LogP contribution < -0.4 is 5.32 Å². The lowest BCUT2D eigenvalue weighted by Gasteiger charge is -2.38. The van der Waals surface area contributed by atoms with Crippen LogP contribution in [0.25, 0.3) is 11.1 Å². The van der Waals surface area contributed by atoms with Crippen molar-refractivity contribution in [1.29, 1.82) is 0 Å². The van der Waals surface area contributed by atoms with E-state index in [1.54, 1.807) is 0 Å². The van der Waals surface area contributed by atoms with Gasteiger partial charge in [0.25, 0.3) is 5.91 Å². The Bertz CT molecular complexity index is 676. The molecule has 1 aromatic heterocycles. The minimum Gasteiger partial charge on any atom is -0.366 e. The Kier molecular flexibility index (Phi) is 3.69. The first kappa shape index (κ1) is 14.5. The van der Waals surface area contributed by atoms with E-state index >= 15 is 0 Å². The quantitative estimate of drug-likeness (QED) is 0.896. The second-order valence-corrected chi connectivity index (χ2v) is 6.87. The maximum atomic E-state index is 12.9. The van der Waals surface area contributed by atoms with E-state index in [2.05, 4.69) is 22.4 Å². The van der Waals surface area contributed by atoms with E-state index in [0.29, 0.717) is 5.41 Å². The van der Waals surface area contributed by atoms with Gasteiger partial charge in [0, 0.05) is 37.6 Å². The molecule has 2 N–H and O–H groups in total. The van der Waals surface area contributed by atoms with Gasteiger partial charge in [-0.05, 0) is 36.8 Å². The first-order valence-electron chi connectivity index (χ1n) is 8.50. The maximum absolute atomic E-state index is 12.9. The third kappa shape index (κ3) is 2.68. The molecule has 1 amide bonds. The van der Waals surface area contributed by atoms with Gasteiger partial charge >= 0.3 is 0 Å². The number of carbonyl (C=O) groups is 1. The van der Waals surface area contributed by atoms with E-state index in [-0.39, 0.29) is 5.91 Å². The van der Waals surface area contributed by atoms with E-state index < -0.39 is 0 Å². The van der Waals surface area contributed by atoms with Crippen molar-refractivity contribution >= 4 is 5.91 Å². The fourth-order valence-electron chi connectivity index (χ4n) is 3.97. The van der Waals surface area contributed by atoms with Crippen molar-refractivity contribution in [2.45, 2.75) is 19.3 Å². The monoisotopic (exact) mass is 309 g/mol. The zero-order valence-electron chi connectivity index (χ0n) is 13.3. The predicted molar refractivity (Wildman–Crippen MR) is 91.3 cm³/mol. The first-order valence-corrected chi connectivity index (χ1v) is 8.50. The Morgan fingerprint density at radius 2 is 1.83 bits per heavy atom. The third-order valence-electron chi connectivity index (χ3n) is 5.50. The molecule has 4 rings (SSSR count). The zero-order chi connectivity index (χ0) is 15.7. The fraction of sp³-hybridized carbons (Fsp3) is 0.421. The average Bonchev–Trinajstić information content (AvgIpc) is 3.26. The van der Waals surface area contributed by atoms with Crippen LogP contribution in [0.5, 0.6) is 0 Å². The van der Waals surface area contributed by atoms with Crippen LogP contribution in [-0.2, 0) is 0 Å². The number of H-pyrrole nitrogens is 1. The summed E-state index contributed by atoms with van der Waals surface area (Å²) in [7, 11) is 0. The van der Waals surface area contributed by atoms with Crippen LogP contribution in [0.1, 0.15) is 29.6 Å². The SMILES string of the molecule is O=C(c1c[nH]cc1-c1ccccc1)N1CCC2(CCNC2)CC1. The van der Waals surface area contributed by atoms with E-state index in [1.165, 1.54) is 6.42 Å². The van der Waals surface area contributed by atoms with Crippen molar-refractivity contribution in [3.63, 3.8) is 0 Å². The van der Waals surface area contributed by atoms with E-state index in [4.69, 9.17) is 0 Å². The molecule has 2 aromatic rings. The lowest BCUT2D eigenvalue weighted by Crippen LogP contribution is -2.44. The summed E-state index contributed by atoms with van der Waals surface area (Å²) in [5.74, 6) is 0.158. The molecule has 0 aliphatic carbocycles. The van der Waals surface area contributed by atoms with E-state index in [1.807, 2.05) is 35.5 Å². The third-order valence-corrected chi connectivity index (χ3v) is 5.50. The van der Waals surface area contributed by atoms with E-state index in [0.717, 1.165) is 55.7 Å². The number of aromatic amines is 1. The van der Waals surface area contributed by atoms with Gasteiger partial charge in [0.15, 0.2) is 0 Å². The zero-order valence-corrected chi connectivity index (χ0v) is 13.3. The Labute approximate surface area is 136 Å². The number of amides is 1. The number of hydrogen-bond acceptors (Lipinski definition) is 2. The van der Waals surface area contributed by atoms with Crippen molar-refractivity contribution in [2.75, 3.05) is 26.2 Å². The number of nitrogens with one attached hydrogen (secondary N) is 2. The summed E-state index contributed by atoms with van der Waals surface area (Å²) in [5.41, 5.74) is 3.32. The van der Waals surface area contributed by atoms with Crippen molar-refractivity contribution in [3.8, 4) is 11.1 Å². The molecule has 1 aromatic carbocycles. The molecule has 2 saturated heterocycles. The van der Waals surface area contributed by atoms with Gasteiger partial charge in [-0.15, -0.1) is 0 Å². The Balaban J connectivity index is 1.51. The number of benzene rings is 1. The van der Waals surface area contributed by atoms with Crippen LogP contribution >= 0.6 is 0 Å². The van der Waals surface area contributed by atoms with Gasteiger partial charge in [-0.1, -0.05) is 30.3 Å². The highest BCUT2D eigenvalue weighted by atomic mass is 16.2. The Hall–Kier alpha value is -2.07. The molecule has 4 nitrogen and oxygen atoms in total. The topological polar surface area (TPSA) is 48.1 Å². The predicted octanol–water partition coefficient (Wildman–Crippen LogP) is 2.90. The Morgan fingerprint density at radius 3 is 2.52 bits per heavy atom. The average molecular weight is 309 g/mol. The molecule has 2 fully saturated rings. The molecule has 120 valence electrons. The number of rotatable bonds is 2. The molecule has 0 saturated carbocycles. The number of aromatic nitrogens is 1. The van der Waals surface area contributed by atoms with Gasteiger partial charge in [-0.3, -0.25) is 4.79 Å². The van der Waals surface area contributed by atoms with Crippen molar-refractivity contribution in [1.82, 2.24) is 15.2 Å². The lowest BCUT2D eigenvalue weighted by atomic mass is 9.77. The van der Waals surface area contributed by atoms with Crippen LogP contribution in [0.2, 0.25) is 0 Å². The van der Waals surface area contributed by atoms with Gasteiger partial charge < -0.3 is 15.2 Å². The number of carbonyl (C=O) groups excluding carboxylic acids is 1. The molecule has 0 atom stereocenters. The summed E-state index contributed by atoms with van der Waals surface area (Å²) >= 11 is 0. The molecule has 4 heteroatoms. The molecule has 23 heavy (non-hydrogen) atoms. The molecular weight excluding hydrogens is 286 g/mol. The lowest BCUT2D eigenvalue weighted by molar-refractivity contribution is 0.0608. The normalized spacial score (nSPS) is 20.1. The minimum absolute atomic E-state index is 0.158. The van der Waals surface area contributed by atoms with Crippen LogP contribution in [-0.4, -0.2) is 42.0 Å². The molecule has 0 bridgehead atoms. The molecule has 2 aliphatic rings. The molecule has 3 heterocycles. The van der Waals surface area contributed by atoms with Crippen molar-refractivity contribution in [2.24, 2.45) is 5.41 Å². The van der Waals surface area contributed by atoms with E-state index in [9.17, 15) is 4.79 Å². The summed E-state index contributed by atoms with van der Waals surface area (Å²) in [5, 5.41) is 3.48.